The van der Waals surface area contributed by atoms with Gasteiger partial charge in [0.25, 0.3) is 5.91 Å². The van der Waals surface area contributed by atoms with Crippen LogP contribution in [0.2, 0.25) is 0 Å². The molecule has 2 heterocycles. The molecule has 1 saturated heterocycles. The number of aliphatic hydroxyl groups is 1. The van der Waals surface area contributed by atoms with Crippen LogP contribution in [-0.4, -0.2) is 40.7 Å². The molecular formula is C28H37NO5. The molecular weight excluding hydrogens is 430 g/mol. The third-order valence-electron chi connectivity index (χ3n) is 8.58. The van der Waals surface area contributed by atoms with Crippen molar-refractivity contribution < 1.29 is 19.1 Å². The van der Waals surface area contributed by atoms with Gasteiger partial charge in [0, 0.05) is 35.0 Å². The summed E-state index contributed by atoms with van der Waals surface area (Å²) >= 11 is 0. The topological polar surface area (TPSA) is 80.0 Å². The standard InChI is InChI=1S/C28H37NO5/c1-3-4-11-23-22-10-5-6-14-28(22,32)15-16-29(23)25(30)17-33-24-13-12-20-19-8-7-9-21(19)27(31)34-26(20)18(24)2/h12-13,22-23,32H,3-11,14-17H2,1-2H3/t22-,23+,28-/m0/s1. The summed E-state index contributed by atoms with van der Waals surface area (Å²) in [6.07, 6.45) is 10.4. The number of fused-ring (bicyclic) bond motifs is 4. The number of nitrogens with zero attached hydrogens (tertiary/aromatic N) is 1. The van der Waals surface area contributed by atoms with Crippen LogP contribution in [0.4, 0.5) is 0 Å². The monoisotopic (exact) mass is 467 g/mol. The number of unbranched alkanes of at least 4 members (excludes halogenated alkanes) is 1. The molecule has 2 aromatic rings. The molecule has 2 aliphatic carbocycles. The zero-order valence-electron chi connectivity index (χ0n) is 20.5. The van der Waals surface area contributed by atoms with Gasteiger partial charge in [-0.2, -0.15) is 0 Å². The fraction of sp³-hybridized carbons (Fsp3) is 0.643. The van der Waals surface area contributed by atoms with Crippen molar-refractivity contribution in [2.45, 2.75) is 96.1 Å². The van der Waals surface area contributed by atoms with E-state index in [9.17, 15) is 14.7 Å². The maximum Gasteiger partial charge on any atom is 0.339 e. The van der Waals surface area contributed by atoms with Crippen LogP contribution in [0.15, 0.2) is 21.3 Å². The molecule has 3 atom stereocenters. The zero-order chi connectivity index (χ0) is 23.9. The van der Waals surface area contributed by atoms with E-state index < -0.39 is 5.60 Å². The van der Waals surface area contributed by atoms with Crippen molar-refractivity contribution >= 4 is 16.9 Å². The summed E-state index contributed by atoms with van der Waals surface area (Å²) in [6, 6.07) is 3.93. The lowest BCUT2D eigenvalue weighted by Gasteiger charge is -2.52. The first-order chi connectivity index (χ1) is 16.4. The maximum absolute atomic E-state index is 13.4. The minimum Gasteiger partial charge on any atom is -0.483 e. The van der Waals surface area contributed by atoms with Crippen molar-refractivity contribution in [3.05, 3.63) is 39.2 Å². The average Bonchev–Trinajstić information content (AvgIpc) is 3.33. The summed E-state index contributed by atoms with van der Waals surface area (Å²) in [6.45, 7) is 4.59. The molecule has 1 aliphatic heterocycles. The van der Waals surface area contributed by atoms with Crippen molar-refractivity contribution in [1.29, 1.82) is 0 Å². The van der Waals surface area contributed by atoms with E-state index in [1.165, 1.54) is 0 Å². The highest BCUT2D eigenvalue weighted by molar-refractivity contribution is 5.86. The van der Waals surface area contributed by atoms with Crippen LogP contribution in [0.1, 0.15) is 81.4 Å². The van der Waals surface area contributed by atoms with Crippen LogP contribution in [0.5, 0.6) is 5.75 Å². The summed E-state index contributed by atoms with van der Waals surface area (Å²) in [5.74, 6) is 0.714. The molecule has 0 spiro atoms. The van der Waals surface area contributed by atoms with E-state index in [1.807, 2.05) is 24.0 Å². The predicted molar refractivity (Wildman–Crippen MR) is 131 cm³/mol. The number of rotatable bonds is 6. The molecule has 184 valence electrons. The van der Waals surface area contributed by atoms with E-state index >= 15 is 0 Å². The molecule has 0 unspecified atom stereocenters. The third-order valence-corrected chi connectivity index (χ3v) is 8.58. The number of ether oxygens (including phenoxy) is 1. The van der Waals surface area contributed by atoms with Gasteiger partial charge >= 0.3 is 5.63 Å². The Morgan fingerprint density at radius 2 is 2.03 bits per heavy atom. The number of likely N-dealkylation sites (tertiary alicyclic amines) is 1. The number of carbonyl (C=O) groups excluding carboxylic acids is 1. The fourth-order valence-corrected chi connectivity index (χ4v) is 6.73. The van der Waals surface area contributed by atoms with E-state index in [0.29, 0.717) is 24.3 Å². The molecule has 6 heteroatoms. The van der Waals surface area contributed by atoms with Crippen LogP contribution in [0, 0.1) is 12.8 Å². The number of hydrogen-bond donors (Lipinski definition) is 1. The lowest BCUT2D eigenvalue weighted by molar-refractivity contribution is -0.157. The molecule has 1 aromatic heterocycles. The number of aryl methyl sites for hydroxylation is 2. The van der Waals surface area contributed by atoms with Crippen LogP contribution < -0.4 is 10.4 Å². The molecule has 5 rings (SSSR count). The molecule has 3 aliphatic rings. The maximum atomic E-state index is 13.4. The summed E-state index contributed by atoms with van der Waals surface area (Å²) in [5, 5.41) is 12.3. The highest BCUT2D eigenvalue weighted by Crippen LogP contribution is 2.44. The van der Waals surface area contributed by atoms with Gasteiger partial charge in [0.05, 0.1) is 5.60 Å². The fourth-order valence-electron chi connectivity index (χ4n) is 6.73. The molecule has 6 nitrogen and oxygen atoms in total. The van der Waals surface area contributed by atoms with Gasteiger partial charge in [-0.15, -0.1) is 0 Å². The van der Waals surface area contributed by atoms with Gasteiger partial charge in [-0.05, 0) is 69.6 Å². The van der Waals surface area contributed by atoms with Crippen molar-refractivity contribution in [1.82, 2.24) is 4.90 Å². The number of piperidine rings is 1. The average molecular weight is 468 g/mol. The van der Waals surface area contributed by atoms with E-state index in [0.717, 1.165) is 86.3 Å². The summed E-state index contributed by atoms with van der Waals surface area (Å²) in [5.41, 5.74) is 2.37. The Labute approximate surface area is 201 Å². The first-order valence-electron chi connectivity index (χ1n) is 13.2. The van der Waals surface area contributed by atoms with Gasteiger partial charge in [-0.3, -0.25) is 4.79 Å². The van der Waals surface area contributed by atoms with Crippen molar-refractivity contribution in [2.75, 3.05) is 13.2 Å². The van der Waals surface area contributed by atoms with Crippen LogP contribution >= 0.6 is 0 Å². The van der Waals surface area contributed by atoms with E-state index in [-0.39, 0.29) is 30.1 Å². The SMILES string of the molecule is CCCC[C@@H]1[C@@H]2CCCC[C@]2(O)CCN1C(=O)COc1ccc2c3c(c(=O)oc2c1C)CCC3. The van der Waals surface area contributed by atoms with Gasteiger partial charge in [-0.25, -0.2) is 4.79 Å². The molecule has 1 saturated carbocycles. The van der Waals surface area contributed by atoms with E-state index in [4.69, 9.17) is 9.15 Å². The third kappa shape index (κ3) is 4.04. The predicted octanol–water partition coefficient (Wildman–Crippen LogP) is 4.68. The minimum atomic E-state index is -0.624. The summed E-state index contributed by atoms with van der Waals surface area (Å²) < 4.78 is 11.7. The van der Waals surface area contributed by atoms with Gasteiger partial charge in [-0.1, -0.05) is 32.6 Å². The van der Waals surface area contributed by atoms with Crippen LogP contribution in [0.3, 0.4) is 0 Å². The normalized spacial score (nSPS) is 26.4. The molecule has 0 bridgehead atoms. The van der Waals surface area contributed by atoms with Crippen molar-refractivity contribution in [3.8, 4) is 5.75 Å². The Morgan fingerprint density at radius 1 is 1.21 bits per heavy atom. The Balaban J connectivity index is 1.34. The van der Waals surface area contributed by atoms with Gasteiger partial charge in [0.2, 0.25) is 0 Å². The molecule has 2 fully saturated rings. The van der Waals surface area contributed by atoms with Crippen LogP contribution in [-0.2, 0) is 17.6 Å². The summed E-state index contributed by atoms with van der Waals surface area (Å²) in [4.78, 5) is 27.8. The zero-order valence-corrected chi connectivity index (χ0v) is 20.5. The molecule has 0 radical (unpaired) electrons. The largest absolute Gasteiger partial charge is 0.483 e. The van der Waals surface area contributed by atoms with Crippen molar-refractivity contribution in [3.63, 3.8) is 0 Å². The first-order valence-corrected chi connectivity index (χ1v) is 13.2. The van der Waals surface area contributed by atoms with Gasteiger partial charge in [0.1, 0.15) is 11.3 Å². The quantitative estimate of drug-likeness (QED) is 0.624. The molecule has 1 aromatic carbocycles. The second-order valence-corrected chi connectivity index (χ2v) is 10.6. The lowest BCUT2D eigenvalue weighted by Crippen LogP contribution is -2.61. The number of benzene rings is 1. The van der Waals surface area contributed by atoms with E-state index in [1.54, 1.807) is 0 Å². The summed E-state index contributed by atoms with van der Waals surface area (Å²) in [7, 11) is 0. The molecule has 1 amide bonds. The number of hydrogen-bond acceptors (Lipinski definition) is 5. The van der Waals surface area contributed by atoms with Gasteiger partial charge < -0.3 is 19.2 Å². The molecule has 34 heavy (non-hydrogen) atoms. The number of carbonyl (C=O) groups is 1. The molecule has 1 N–H and O–H groups in total. The number of amides is 1. The Hall–Kier alpha value is -2.34. The highest BCUT2D eigenvalue weighted by Gasteiger charge is 2.49. The lowest BCUT2D eigenvalue weighted by atomic mass is 9.66. The Morgan fingerprint density at radius 3 is 2.85 bits per heavy atom. The van der Waals surface area contributed by atoms with E-state index in [2.05, 4.69) is 6.92 Å². The highest BCUT2D eigenvalue weighted by atomic mass is 16.5. The Bertz CT molecular complexity index is 1140. The van der Waals surface area contributed by atoms with Gasteiger partial charge in [0.15, 0.2) is 6.61 Å². The first kappa shape index (κ1) is 23.4. The van der Waals surface area contributed by atoms with Crippen LogP contribution in [0.25, 0.3) is 11.0 Å². The minimum absolute atomic E-state index is 0.0244. The van der Waals surface area contributed by atoms with Crippen molar-refractivity contribution in [2.24, 2.45) is 5.92 Å². The second-order valence-electron chi connectivity index (χ2n) is 10.6. The smallest absolute Gasteiger partial charge is 0.339 e. The second kappa shape index (κ2) is 9.37. The Kier molecular flexibility index (Phi) is 6.45.